The van der Waals surface area contributed by atoms with Gasteiger partial charge in [-0.1, -0.05) is 0 Å². The van der Waals surface area contributed by atoms with Gasteiger partial charge >= 0.3 is 11.9 Å². The van der Waals surface area contributed by atoms with E-state index in [1.165, 1.54) is 16.7 Å². The van der Waals surface area contributed by atoms with Crippen molar-refractivity contribution in [1.29, 1.82) is 0 Å². The second kappa shape index (κ2) is 12.0. The number of likely N-dealkylation sites (N-methyl/N-ethyl adjacent to an activating group) is 2. The number of esters is 2. The topological polar surface area (TPSA) is 93.2 Å². The molecule has 0 spiro atoms. The number of amides is 2. The molecule has 8 nitrogen and oxygen atoms in total. The van der Waals surface area contributed by atoms with Gasteiger partial charge in [-0.25, -0.2) is 9.59 Å². The van der Waals surface area contributed by atoms with Gasteiger partial charge in [0.25, 0.3) is 11.8 Å². The van der Waals surface area contributed by atoms with Crippen LogP contribution in [0.2, 0.25) is 0 Å². The van der Waals surface area contributed by atoms with Crippen molar-refractivity contribution in [2.45, 2.75) is 34.6 Å². The van der Waals surface area contributed by atoms with Gasteiger partial charge < -0.3 is 19.3 Å². The Morgan fingerprint density at radius 1 is 0.760 bits per heavy atom. The Morgan fingerprint density at radius 2 is 1.16 bits per heavy atom. The molecule has 0 aliphatic heterocycles. The van der Waals surface area contributed by atoms with Crippen LogP contribution in [-0.4, -0.2) is 72.9 Å². The molecule has 2 amide bonds. The Kier molecular flexibility index (Phi) is 10.9. The van der Waals surface area contributed by atoms with Crippen LogP contribution in [0.5, 0.6) is 0 Å². The van der Waals surface area contributed by atoms with Crippen LogP contribution >= 0.6 is 0 Å². The molecule has 0 aliphatic carbocycles. The minimum Gasteiger partial charge on any atom is -0.452 e. The average Bonchev–Trinajstić information content (AvgIpc) is 2.59. The monoisotopic (exact) mass is 356 g/mol. The first-order valence-electron chi connectivity index (χ1n) is 8.38. The van der Waals surface area contributed by atoms with E-state index in [-0.39, 0.29) is 30.6 Å². The predicted octanol–water partition coefficient (Wildman–Crippen LogP) is 0.756. The largest absolute Gasteiger partial charge is 0.452 e. The van der Waals surface area contributed by atoms with Crippen molar-refractivity contribution < 1.29 is 28.7 Å². The maximum Gasteiger partial charge on any atom is 0.334 e. The number of carbonyl (C=O) groups excluding carboxylic acids is 4. The van der Waals surface area contributed by atoms with Crippen LogP contribution in [0.15, 0.2) is 11.6 Å². The second-order valence-corrected chi connectivity index (χ2v) is 5.14. The number of hydrogen-bond acceptors (Lipinski definition) is 6. The molecule has 0 heterocycles. The molecular weight excluding hydrogens is 328 g/mol. The number of ether oxygens (including phenoxy) is 2. The molecule has 0 bridgehead atoms. The SMILES string of the molecule is CCN(CC)C(=O)COC(=O)/C=C(\C)C(=O)OCC(=O)N(CC)CC. The molecule has 0 aromatic carbocycles. The summed E-state index contributed by atoms with van der Waals surface area (Å²) in [6, 6.07) is 0. The lowest BCUT2D eigenvalue weighted by molar-refractivity contribution is -0.149. The zero-order chi connectivity index (χ0) is 19.4. The third-order valence-electron chi connectivity index (χ3n) is 3.55. The standard InChI is InChI=1S/C17H28N2O6/c1-6-18(7-2)14(20)11-24-16(22)10-13(5)17(23)25-12-15(21)19(8-3)9-4/h10H,6-9,11-12H2,1-5H3/b13-10+. The second-order valence-electron chi connectivity index (χ2n) is 5.14. The Bertz CT molecular complexity index is 507. The third-order valence-corrected chi connectivity index (χ3v) is 3.55. The van der Waals surface area contributed by atoms with Gasteiger partial charge in [-0.15, -0.1) is 0 Å². The zero-order valence-corrected chi connectivity index (χ0v) is 15.7. The summed E-state index contributed by atoms with van der Waals surface area (Å²) in [6.45, 7) is 9.98. The molecule has 0 fully saturated rings. The molecule has 0 aromatic heterocycles. The van der Waals surface area contributed by atoms with Crippen molar-refractivity contribution in [2.75, 3.05) is 39.4 Å². The smallest absolute Gasteiger partial charge is 0.334 e. The fourth-order valence-electron chi connectivity index (χ4n) is 1.99. The van der Waals surface area contributed by atoms with E-state index in [9.17, 15) is 19.2 Å². The van der Waals surface area contributed by atoms with Crippen molar-refractivity contribution in [1.82, 2.24) is 9.80 Å². The van der Waals surface area contributed by atoms with Crippen LogP contribution in [0.4, 0.5) is 0 Å². The first-order valence-corrected chi connectivity index (χ1v) is 8.38. The van der Waals surface area contributed by atoms with Crippen molar-refractivity contribution in [3.8, 4) is 0 Å². The van der Waals surface area contributed by atoms with Crippen LogP contribution in [0.25, 0.3) is 0 Å². The van der Waals surface area contributed by atoms with E-state index in [0.717, 1.165) is 6.08 Å². The summed E-state index contributed by atoms with van der Waals surface area (Å²) in [4.78, 5) is 49.9. The molecule has 25 heavy (non-hydrogen) atoms. The van der Waals surface area contributed by atoms with Gasteiger partial charge in [0.2, 0.25) is 0 Å². The fraction of sp³-hybridized carbons (Fsp3) is 0.647. The number of carbonyl (C=O) groups is 4. The average molecular weight is 356 g/mol. The molecule has 0 aromatic rings. The highest BCUT2D eigenvalue weighted by molar-refractivity contribution is 5.97. The quantitative estimate of drug-likeness (QED) is 0.424. The maximum absolute atomic E-state index is 11.8. The fourth-order valence-corrected chi connectivity index (χ4v) is 1.99. The molecule has 0 saturated heterocycles. The summed E-state index contributed by atoms with van der Waals surface area (Å²) >= 11 is 0. The molecule has 0 saturated carbocycles. The van der Waals surface area contributed by atoms with Gasteiger partial charge in [0.1, 0.15) is 0 Å². The van der Waals surface area contributed by atoms with Gasteiger partial charge in [0.05, 0.1) is 0 Å². The first-order chi connectivity index (χ1) is 11.8. The lowest BCUT2D eigenvalue weighted by Crippen LogP contribution is -2.34. The maximum atomic E-state index is 11.8. The molecule has 142 valence electrons. The molecule has 0 radical (unpaired) electrons. The Balaban J connectivity index is 4.45. The molecule has 0 aliphatic rings. The van der Waals surface area contributed by atoms with E-state index < -0.39 is 11.9 Å². The summed E-state index contributed by atoms with van der Waals surface area (Å²) in [5.74, 6) is -2.21. The summed E-state index contributed by atoms with van der Waals surface area (Å²) in [7, 11) is 0. The molecule has 8 heteroatoms. The highest BCUT2D eigenvalue weighted by Crippen LogP contribution is 2.00. The summed E-state index contributed by atoms with van der Waals surface area (Å²) in [5.41, 5.74) is -0.00682. The minimum absolute atomic E-state index is 0.00682. The summed E-state index contributed by atoms with van der Waals surface area (Å²) in [5, 5.41) is 0. The predicted molar refractivity (Wildman–Crippen MR) is 91.5 cm³/mol. The highest BCUT2D eigenvalue weighted by atomic mass is 16.5. The Hall–Kier alpha value is -2.38. The zero-order valence-electron chi connectivity index (χ0n) is 15.7. The molecule has 0 N–H and O–H groups in total. The minimum atomic E-state index is -0.815. The van der Waals surface area contributed by atoms with Crippen molar-refractivity contribution in [3.63, 3.8) is 0 Å². The number of hydrogen-bond donors (Lipinski definition) is 0. The molecule has 0 unspecified atom stereocenters. The normalized spacial score (nSPS) is 10.8. The van der Waals surface area contributed by atoms with Crippen molar-refractivity contribution in [3.05, 3.63) is 11.6 Å². The first kappa shape index (κ1) is 22.6. The van der Waals surface area contributed by atoms with E-state index in [1.807, 2.05) is 27.7 Å². The molecule has 0 atom stereocenters. The van der Waals surface area contributed by atoms with Crippen molar-refractivity contribution >= 4 is 23.8 Å². The van der Waals surface area contributed by atoms with Crippen molar-refractivity contribution in [2.24, 2.45) is 0 Å². The van der Waals surface area contributed by atoms with Crippen LogP contribution < -0.4 is 0 Å². The lowest BCUT2D eigenvalue weighted by Gasteiger charge is -2.18. The van der Waals surface area contributed by atoms with Gasteiger partial charge in [-0.3, -0.25) is 9.59 Å². The number of nitrogens with zero attached hydrogens (tertiary/aromatic N) is 2. The van der Waals surface area contributed by atoms with Crippen LogP contribution in [0, 0.1) is 0 Å². The van der Waals surface area contributed by atoms with Crippen LogP contribution in [0.1, 0.15) is 34.6 Å². The number of rotatable bonds is 10. The summed E-state index contributed by atoms with van der Waals surface area (Å²) in [6.07, 6.45) is 0.944. The van der Waals surface area contributed by atoms with Gasteiger partial charge in [0, 0.05) is 37.8 Å². The van der Waals surface area contributed by atoms with Crippen LogP contribution in [-0.2, 0) is 28.7 Å². The van der Waals surface area contributed by atoms with E-state index in [0.29, 0.717) is 26.2 Å². The van der Waals surface area contributed by atoms with E-state index in [1.54, 1.807) is 0 Å². The Labute approximate surface area is 148 Å². The lowest BCUT2D eigenvalue weighted by atomic mass is 10.3. The van der Waals surface area contributed by atoms with E-state index in [4.69, 9.17) is 9.47 Å². The van der Waals surface area contributed by atoms with E-state index in [2.05, 4.69) is 0 Å². The Morgan fingerprint density at radius 3 is 1.56 bits per heavy atom. The molecular formula is C17H28N2O6. The van der Waals surface area contributed by atoms with E-state index >= 15 is 0 Å². The van der Waals surface area contributed by atoms with Crippen LogP contribution in [0.3, 0.4) is 0 Å². The van der Waals surface area contributed by atoms with Gasteiger partial charge in [0.15, 0.2) is 13.2 Å². The summed E-state index contributed by atoms with van der Waals surface area (Å²) < 4.78 is 9.69. The molecule has 0 rings (SSSR count). The third kappa shape index (κ3) is 8.32. The highest BCUT2D eigenvalue weighted by Gasteiger charge is 2.16. The van der Waals surface area contributed by atoms with Gasteiger partial charge in [-0.2, -0.15) is 0 Å². The van der Waals surface area contributed by atoms with Gasteiger partial charge in [-0.05, 0) is 34.6 Å².